The van der Waals surface area contributed by atoms with Gasteiger partial charge in [-0.3, -0.25) is 0 Å². The molecule has 0 bridgehead atoms. The second-order valence-corrected chi connectivity index (χ2v) is 4.21. The lowest BCUT2D eigenvalue weighted by Gasteiger charge is -2.00. The molecule has 0 aliphatic rings. The molecular weight excluding hydrogens is 274 g/mol. The molecule has 0 saturated heterocycles. The minimum Gasteiger partial charge on any atom is -0.505 e. The van der Waals surface area contributed by atoms with Crippen LogP contribution < -0.4 is 4.74 Å². The highest BCUT2D eigenvalue weighted by Crippen LogP contribution is 2.34. The van der Waals surface area contributed by atoms with Crippen LogP contribution in [0.4, 0.5) is 0 Å². The summed E-state index contributed by atoms with van der Waals surface area (Å²) in [5.41, 5.74) is 0.142. The number of carbonyl (C=O) groups is 1. The molecule has 0 radical (unpaired) electrons. The average molecular weight is 285 g/mol. The molecule has 3 aromatic rings. The van der Waals surface area contributed by atoms with Crippen molar-refractivity contribution < 1.29 is 23.8 Å². The van der Waals surface area contributed by atoms with Gasteiger partial charge >= 0.3 is 5.97 Å². The van der Waals surface area contributed by atoms with Gasteiger partial charge in [0.25, 0.3) is 5.95 Å². The highest BCUT2D eigenvalue weighted by Gasteiger charge is 2.19. The van der Waals surface area contributed by atoms with Gasteiger partial charge in [0.2, 0.25) is 0 Å². The maximum absolute atomic E-state index is 11.5. The fraction of sp³-hybridized carbons (Fsp3) is 0.0667. The number of carbonyl (C=O) groups excluding carboxylic acids is 1. The number of hydrogen-bond acceptors (Lipinski definition) is 6. The SMILES string of the molecule is COC(=O)c1ncc2oc(Oc3ccccc3)cc2c1O. The van der Waals surface area contributed by atoms with Crippen molar-refractivity contribution in [2.75, 3.05) is 7.11 Å². The van der Waals surface area contributed by atoms with E-state index < -0.39 is 5.97 Å². The van der Waals surface area contributed by atoms with Crippen LogP contribution >= 0.6 is 0 Å². The molecule has 0 aliphatic carbocycles. The first-order chi connectivity index (χ1) is 10.2. The normalized spacial score (nSPS) is 10.5. The summed E-state index contributed by atoms with van der Waals surface area (Å²) >= 11 is 0. The van der Waals surface area contributed by atoms with Gasteiger partial charge in [-0.15, -0.1) is 0 Å². The Hall–Kier alpha value is -3.02. The molecular formula is C15H11NO5. The third kappa shape index (κ3) is 2.38. The molecule has 21 heavy (non-hydrogen) atoms. The molecule has 1 aromatic carbocycles. The van der Waals surface area contributed by atoms with Crippen LogP contribution in [0.1, 0.15) is 10.5 Å². The fourth-order valence-electron chi connectivity index (χ4n) is 1.88. The van der Waals surface area contributed by atoms with Crippen LogP contribution in [-0.4, -0.2) is 23.2 Å². The molecule has 0 aliphatic heterocycles. The van der Waals surface area contributed by atoms with Crippen LogP contribution in [0.3, 0.4) is 0 Å². The number of aromatic nitrogens is 1. The summed E-state index contributed by atoms with van der Waals surface area (Å²) in [7, 11) is 1.22. The van der Waals surface area contributed by atoms with Crippen LogP contribution in [0.2, 0.25) is 0 Å². The van der Waals surface area contributed by atoms with E-state index >= 15 is 0 Å². The molecule has 1 N–H and O–H groups in total. The molecule has 3 rings (SSSR count). The zero-order chi connectivity index (χ0) is 14.8. The first-order valence-corrected chi connectivity index (χ1v) is 6.12. The number of rotatable bonds is 3. The van der Waals surface area contributed by atoms with Gasteiger partial charge in [0, 0.05) is 6.07 Å². The Balaban J connectivity index is 2.00. The van der Waals surface area contributed by atoms with Gasteiger partial charge in [0.05, 0.1) is 18.7 Å². The maximum Gasteiger partial charge on any atom is 0.360 e. The Morgan fingerprint density at radius 3 is 2.76 bits per heavy atom. The topological polar surface area (TPSA) is 81.8 Å². The maximum atomic E-state index is 11.5. The van der Waals surface area contributed by atoms with E-state index in [9.17, 15) is 9.90 Å². The Kier molecular flexibility index (Phi) is 3.19. The molecule has 0 amide bonds. The lowest BCUT2D eigenvalue weighted by Crippen LogP contribution is -2.04. The van der Waals surface area contributed by atoms with Gasteiger partial charge in [-0.25, -0.2) is 9.78 Å². The minimum absolute atomic E-state index is 0.169. The van der Waals surface area contributed by atoms with E-state index in [1.807, 2.05) is 18.2 Å². The Morgan fingerprint density at radius 2 is 2.05 bits per heavy atom. The number of ether oxygens (including phenoxy) is 2. The summed E-state index contributed by atoms with van der Waals surface area (Å²) in [5, 5.41) is 10.4. The molecule has 6 heteroatoms. The van der Waals surface area contributed by atoms with Crippen molar-refractivity contribution in [3.05, 3.63) is 48.3 Å². The largest absolute Gasteiger partial charge is 0.505 e. The lowest BCUT2D eigenvalue weighted by molar-refractivity contribution is 0.0591. The first-order valence-electron chi connectivity index (χ1n) is 6.12. The van der Waals surface area contributed by atoms with Crippen molar-refractivity contribution in [1.29, 1.82) is 0 Å². The van der Waals surface area contributed by atoms with Gasteiger partial charge in [-0.05, 0) is 12.1 Å². The van der Waals surface area contributed by atoms with Crippen LogP contribution in [-0.2, 0) is 4.74 Å². The van der Waals surface area contributed by atoms with Crippen molar-refractivity contribution in [3.63, 3.8) is 0 Å². The van der Waals surface area contributed by atoms with Crippen molar-refractivity contribution in [3.8, 4) is 17.4 Å². The van der Waals surface area contributed by atoms with E-state index in [4.69, 9.17) is 9.15 Å². The zero-order valence-electron chi connectivity index (χ0n) is 11.1. The van der Waals surface area contributed by atoms with Gasteiger partial charge in [-0.1, -0.05) is 18.2 Å². The van der Waals surface area contributed by atoms with Crippen molar-refractivity contribution >= 4 is 16.9 Å². The molecule has 0 spiro atoms. The summed E-state index contributed by atoms with van der Waals surface area (Å²) in [4.78, 5) is 15.3. The summed E-state index contributed by atoms with van der Waals surface area (Å²) in [6, 6.07) is 10.5. The number of benzene rings is 1. The predicted molar refractivity (Wildman–Crippen MR) is 73.5 cm³/mol. The second kappa shape index (κ2) is 5.16. The van der Waals surface area contributed by atoms with Crippen LogP contribution in [0.5, 0.6) is 17.4 Å². The van der Waals surface area contributed by atoms with Crippen LogP contribution in [0.15, 0.2) is 47.0 Å². The van der Waals surface area contributed by atoms with Crippen molar-refractivity contribution in [2.45, 2.75) is 0 Å². The summed E-state index contributed by atoms with van der Waals surface area (Å²) < 4.78 is 15.5. The highest BCUT2D eigenvalue weighted by atomic mass is 16.6. The summed E-state index contributed by atoms with van der Waals surface area (Å²) in [6.07, 6.45) is 1.33. The van der Waals surface area contributed by atoms with Gasteiger partial charge in [0.15, 0.2) is 17.0 Å². The number of esters is 1. The smallest absolute Gasteiger partial charge is 0.360 e. The van der Waals surface area contributed by atoms with Gasteiger partial charge in [-0.2, -0.15) is 0 Å². The lowest BCUT2D eigenvalue weighted by atomic mass is 10.2. The third-order valence-electron chi connectivity index (χ3n) is 2.87. The number of furan rings is 1. The van der Waals surface area contributed by atoms with Gasteiger partial charge in [0.1, 0.15) is 5.75 Å². The van der Waals surface area contributed by atoms with Crippen LogP contribution in [0.25, 0.3) is 11.0 Å². The average Bonchev–Trinajstić information content (AvgIpc) is 2.91. The number of methoxy groups -OCH3 is 1. The quantitative estimate of drug-likeness (QED) is 0.744. The number of pyridine rings is 1. The summed E-state index contributed by atoms with van der Waals surface area (Å²) in [6.45, 7) is 0. The number of hydrogen-bond donors (Lipinski definition) is 1. The van der Waals surface area contributed by atoms with Crippen molar-refractivity contribution in [1.82, 2.24) is 4.98 Å². The number of fused-ring (bicyclic) bond motifs is 1. The molecule has 6 nitrogen and oxygen atoms in total. The fourth-order valence-corrected chi connectivity index (χ4v) is 1.88. The van der Waals surface area contributed by atoms with E-state index in [-0.39, 0.29) is 17.4 Å². The zero-order valence-corrected chi connectivity index (χ0v) is 11.1. The van der Waals surface area contributed by atoms with E-state index in [0.29, 0.717) is 16.7 Å². The standard InChI is InChI=1S/C15H11NO5/c1-19-15(18)13-14(17)10-7-12(21-11(10)8-16-13)20-9-5-3-2-4-6-9/h2-8,17H,1H3. The molecule has 0 fully saturated rings. The Morgan fingerprint density at radius 1 is 1.29 bits per heavy atom. The molecule has 0 saturated carbocycles. The van der Waals surface area contributed by atoms with Crippen LogP contribution in [0, 0.1) is 0 Å². The van der Waals surface area contributed by atoms with E-state index in [0.717, 1.165) is 0 Å². The monoisotopic (exact) mass is 285 g/mol. The minimum atomic E-state index is -0.721. The Labute approximate surface area is 119 Å². The number of para-hydroxylation sites is 1. The summed E-state index contributed by atoms with van der Waals surface area (Å²) in [5.74, 6) is -0.236. The molecule has 0 unspecified atom stereocenters. The molecule has 0 atom stereocenters. The van der Waals surface area contributed by atoms with E-state index in [1.54, 1.807) is 12.1 Å². The molecule has 2 aromatic heterocycles. The van der Waals surface area contributed by atoms with E-state index in [2.05, 4.69) is 9.72 Å². The van der Waals surface area contributed by atoms with Crippen molar-refractivity contribution in [2.24, 2.45) is 0 Å². The Bertz CT molecular complexity index is 794. The number of nitrogens with zero attached hydrogens (tertiary/aromatic N) is 1. The number of aromatic hydroxyl groups is 1. The molecule has 106 valence electrons. The first kappa shape index (κ1) is 13.0. The highest BCUT2D eigenvalue weighted by molar-refractivity contribution is 5.97. The van der Waals surface area contributed by atoms with E-state index in [1.165, 1.54) is 19.4 Å². The van der Waals surface area contributed by atoms with Gasteiger partial charge < -0.3 is 19.0 Å². The predicted octanol–water partition coefficient (Wildman–Crippen LogP) is 3.11. The molecule has 2 heterocycles. The second-order valence-electron chi connectivity index (χ2n) is 4.21. The third-order valence-corrected chi connectivity index (χ3v) is 2.87.